The van der Waals surface area contributed by atoms with Gasteiger partial charge in [-0.1, -0.05) is 0 Å². The number of hydrogen-bond donors (Lipinski definition) is 2. The van der Waals surface area contributed by atoms with Gasteiger partial charge in [-0.2, -0.15) is 0 Å². The highest BCUT2D eigenvalue weighted by atomic mass is 32.1. The maximum absolute atomic E-state index is 12.1. The van der Waals surface area contributed by atoms with Crippen LogP contribution in [0.25, 0.3) is 10.1 Å². The van der Waals surface area contributed by atoms with E-state index in [9.17, 15) is 4.79 Å². The third kappa shape index (κ3) is 3.21. The number of hydrogen-bond acceptors (Lipinski definition) is 5. The fourth-order valence-corrected chi connectivity index (χ4v) is 2.82. The highest BCUT2D eigenvalue weighted by Crippen LogP contribution is 2.32. The van der Waals surface area contributed by atoms with E-state index in [4.69, 9.17) is 5.73 Å². The third-order valence-electron chi connectivity index (χ3n) is 2.81. The first-order valence-corrected chi connectivity index (χ1v) is 6.96. The molecule has 2 aromatic heterocycles. The zero-order valence-corrected chi connectivity index (χ0v) is 12.0. The van der Waals surface area contributed by atoms with E-state index in [-0.39, 0.29) is 5.91 Å². The average Bonchev–Trinajstić information content (AvgIpc) is 2.72. The van der Waals surface area contributed by atoms with Gasteiger partial charge in [0.05, 0.1) is 10.4 Å². The predicted molar refractivity (Wildman–Crippen MR) is 79.5 cm³/mol. The zero-order chi connectivity index (χ0) is 13.8. The van der Waals surface area contributed by atoms with Crippen molar-refractivity contribution in [2.45, 2.75) is 6.42 Å². The van der Waals surface area contributed by atoms with Gasteiger partial charge in [-0.15, -0.1) is 11.3 Å². The second kappa shape index (κ2) is 5.99. The van der Waals surface area contributed by atoms with Crippen LogP contribution in [0.1, 0.15) is 16.1 Å². The first-order valence-electron chi connectivity index (χ1n) is 6.14. The summed E-state index contributed by atoms with van der Waals surface area (Å²) in [4.78, 5) is 18.8. The summed E-state index contributed by atoms with van der Waals surface area (Å²) >= 11 is 1.39. The van der Waals surface area contributed by atoms with Crippen molar-refractivity contribution in [2.75, 3.05) is 32.9 Å². The molecule has 0 aromatic carbocycles. The molecule has 0 aliphatic heterocycles. The van der Waals surface area contributed by atoms with Crippen molar-refractivity contribution in [1.29, 1.82) is 0 Å². The van der Waals surface area contributed by atoms with Gasteiger partial charge in [0.25, 0.3) is 5.91 Å². The fourth-order valence-electron chi connectivity index (χ4n) is 1.82. The molecular weight excluding hydrogens is 260 g/mol. The molecule has 5 nitrogen and oxygen atoms in total. The molecule has 0 saturated heterocycles. The number of fused-ring (bicyclic) bond motifs is 1. The van der Waals surface area contributed by atoms with Gasteiger partial charge >= 0.3 is 0 Å². The predicted octanol–water partition coefficient (Wildman–Crippen LogP) is 1.56. The molecule has 0 radical (unpaired) electrons. The Hall–Kier alpha value is -1.66. The number of rotatable bonds is 5. The van der Waals surface area contributed by atoms with E-state index < -0.39 is 0 Å². The number of nitrogens with two attached hydrogens (primary N) is 1. The van der Waals surface area contributed by atoms with Gasteiger partial charge in [-0.3, -0.25) is 9.78 Å². The number of carbonyl (C=O) groups excluding carboxylic acids is 1. The molecule has 0 fully saturated rings. The van der Waals surface area contributed by atoms with Gasteiger partial charge in [0.2, 0.25) is 0 Å². The lowest BCUT2D eigenvalue weighted by Gasteiger charge is -2.09. The lowest BCUT2D eigenvalue weighted by atomic mass is 10.2. The summed E-state index contributed by atoms with van der Waals surface area (Å²) in [6.45, 7) is 1.61. The molecule has 2 heterocycles. The monoisotopic (exact) mass is 278 g/mol. The summed E-state index contributed by atoms with van der Waals surface area (Å²) in [7, 11) is 4.03. The van der Waals surface area contributed by atoms with E-state index in [0.29, 0.717) is 17.1 Å². The Morgan fingerprint density at radius 1 is 1.53 bits per heavy atom. The molecule has 2 aromatic rings. The lowest BCUT2D eigenvalue weighted by molar-refractivity contribution is 0.0957. The average molecular weight is 278 g/mol. The number of aromatic nitrogens is 1. The van der Waals surface area contributed by atoms with Crippen molar-refractivity contribution in [2.24, 2.45) is 0 Å². The van der Waals surface area contributed by atoms with E-state index >= 15 is 0 Å². The van der Waals surface area contributed by atoms with Crippen LogP contribution < -0.4 is 11.1 Å². The molecule has 102 valence electrons. The molecule has 0 bridgehead atoms. The van der Waals surface area contributed by atoms with Gasteiger partial charge in [0, 0.05) is 24.3 Å². The van der Waals surface area contributed by atoms with Crippen LogP contribution in [0, 0.1) is 0 Å². The van der Waals surface area contributed by atoms with Gasteiger partial charge in [0.15, 0.2) is 0 Å². The molecule has 0 atom stereocenters. The molecule has 19 heavy (non-hydrogen) atoms. The number of anilines is 1. The third-order valence-corrected chi connectivity index (χ3v) is 3.96. The molecule has 0 aliphatic rings. The summed E-state index contributed by atoms with van der Waals surface area (Å²) in [5.74, 6) is -0.0996. The number of nitrogens with zero attached hydrogens (tertiary/aromatic N) is 2. The highest BCUT2D eigenvalue weighted by Gasteiger charge is 2.15. The Morgan fingerprint density at radius 2 is 2.32 bits per heavy atom. The second-order valence-electron chi connectivity index (χ2n) is 4.63. The number of carbonyl (C=O) groups is 1. The standard InChI is InChI=1S/C13H18N4OS/c1-17(2)7-3-5-16-13(18)12-11(14)9-4-6-15-8-10(9)19-12/h4,6,8H,3,5,7,14H2,1-2H3,(H,16,18). The molecule has 2 rings (SSSR count). The minimum absolute atomic E-state index is 0.0996. The van der Waals surface area contributed by atoms with E-state index in [1.165, 1.54) is 11.3 Å². The van der Waals surface area contributed by atoms with E-state index in [2.05, 4.69) is 15.2 Å². The summed E-state index contributed by atoms with van der Waals surface area (Å²) in [6, 6.07) is 1.84. The Morgan fingerprint density at radius 3 is 3.00 bits per heavy atom. The number of nitrogen functional groups attached to an aromatic ring is 1. The summed E-state index contributed by atoms with van der Waals surface area (Å²) in [6.07, 6.45) is 4.34. The van der Waals surface area contributed by atoms with Crippen LogP contribution in [-0.2, 0) is 0 Å². The van der Waals surface area contributed by atoms with Crippen LogP contribution in [0.15, 0.2) is 18.5 Å². The van der Waals surface area contributed by atoms with Crippen molar-refractivity contribution in [1.82, 2.24) is 15.2 Å². The first-order chi connectivity index (χ1) is 9.09. The van der Waals surface area contributed by atoms with Crippen molar-refractivity contribution in [3.63, 3.8) is 0 Å². The van der Waals surface area contributed by atoms with Gasteiger partial charge < -0.3 is 16.0 Å². The molecule has 6 heteroatoms. The molecular formula is C13H18N4OS. The molecule has 1 amide bonds. The van der Waals surface area contributed by atoms with Crippen LogP contribution >= 0.6 is 11.3 Å². The SMILES string of the molecule is CN(C)CCCNC(=O)c1sc2cnccc2c1N. The number of nitrogens with one attached hydrogen (secondary N) is 1. The minimum Gasteiger partial charge on any atom is -0.397 e. The van der Waals surface area contributed by atoms with Gasteiger partial charge in [-0.05, 0) is 33.1 Å². The molecule has 0 aliphatic carbocycles. The van der Waals surface area contributed by atoms with E-state index in [1.54, 1.807) is 12.4 Å². The van der Waals surface area contributed by atoms with Gasteiger partial charge in [-0.25, -0.2) is 0 Å². The maximum atomic E-state index is 12.1. The number of amides is 1. The highest BCUT2D eigenvalue weighted by molar-refractivity contribution is 7.21. The molecule has 0 unspecified atom stereocenters. The maximum Gasteiger partial charge on any atom is 0.263 e. The van der Waals surface area contributed by atoms with Crippen LogP contribution in [-0.4, -0.2) is 43.0 Å². The van der Waals surface area contributed by atoms with E-state index in [0.717, 1.165) is 23.1 Å². The normalized spacial score (nSPS) is 11.1. The van der Waals surface area contributed by atoms with Gasteiger partial charge in [0.1, 0.15) is 4.88 Å². The minimum atomic E-state index is -0.0996. The van der Waals surface area contributed by atoms with Crippen LogP contribution in [0.3, 0.4) is 0 Å². The Labute approximate surface area is 116 Å². The van der Waals surface area contributed by atoms with E-state index in [1.807, 2.05) is 20.2 Å². The van der Waals surface area contributed by atoms with Crippen molar-refractivity contribution in [3.05, 3.63) is 23.3 Å². The van der Waals surface area contributed by atoms with Crippen molar-refractivity contribution >= 4 is 33.0 Å². The Bertz CT molecular complexity index is 579. The molecule has 0 spiro atoms. The second-order valence-corrected chi connectivity index (χ2v) is 5.68. The summed E-state index contributed by atoms with van der Waals surface area (Å²) in [5.41, 5.74) is 6.55. The van der Waals surface area contributed by atoms with Crippen molar-refractivity contribution < 1.29 is 4.79 Å². The zero-order valence-electron chi connectivity index (χ0n) is 11.1. The fraction of sp³-hybridized carbons (Fsp3) is 0.385. The van der Waals surface area contributed by atoms with Crippen molar-refractivity contribution in [3.8, 4) is 0 Å². The number of thiophene rings is 1. The largest absolute Gasteiger partial charge is 0.397 e. The molecule has 0 saturated carbocycles. The number of pyridine rings is 1. The summed E-state index contributed by atoms with van der Waals surface area (Å²) in [5, 5.41) is 3.80. The quantitative estimate of drug-likeness (QED) is 0.814. The Kier molecular flexibility index (Phi) is 4.34. The first kappa shape index (κ1) is 13.8. The van der Waals surface area contributed by atoms with Crippen LogP contribution in [0.4, 0.5) is 5.69 Å². The summed E-state index contributed by atoms with van der Waals surface area (Å²) < 4.78 is 0.943. The van der Waals surface area contributed by atoms with Crippen LogP contribution in [0.2, 0.25) is 0 Å². The topological polar surface area (TPSA) is 71.2 Å². The van der Waals surface area contributed by atoms with Crippen LogP contribution in [0.5, 0.6) is 0 Å². The Balaban J connectivity index is 2.03. The smallest absolute Gasteiger partial charge is 0.263 e. The molecule has 3 N–H and O–H groups in total. The lowest BCUT2D eigenvalue weighted by Crippen LogP contribution is -2.26.